The number of urea groups is 1. The van der Waals surface area contributed by atoms with Gasteiger partial charge in [-0.1, -0.05) is 5.92 Å². The first kappa shape index (κ1) is 7.89. The molecule has 11 heavy (non-hydrogen) atoms. The Balaban J connectivity index is 2.62. The molecular formula is C7H10N2O2. The lowest BCUT2D eigenvalue weighted by Crippen LogP contribution is -2.35. The maximum atomic E-state index is 10.7. The van der Waals surface area contributed by atoms with Gasteiger partial charge in [-0.15, -0.1) is 5.92 Å². The summed E-state index contributed by atoms with van der Waals surface area (Å²) in [6.07, 6.45) is 0. The number of aliphatic hydroxyl groups excluding tert-OH is 1. The summed E-state index contributed by atoms with van der Waals surface area (Å²) in [4.78, 5) is 10.7. The third kappa shape index (κ3) is 1.63. The predicted molar refractivity (Wildman–Crippen MR) is 39.8 cm³/mol. The highest BCUT2D eigenvalue weighted by atomic mass is 16.3. The third-order valence-electron chi connectivity index (χ3n) is 1.50. The molecule has 0 aromatic rings. The van der Waals surface area contributed by atoms with Crippen LogP contribution in [0.4, 0.5) is 4.79 Å². The highest BCUT2D eigenvalue weighted by molar-refractivity contribution is 5.78. The van der Waals surface area contributed by atoms with E-state index >= 15 is 0 Å². The molecule has 2 atom stereocenters. The average Bonchev–Trinajstić information content (AvgIpc) is 2.32. The van der Waals surface area contributed by atoms with Crippen LogP contribution in [-0.2, 0) is 0 Å². The van der Waals surface area contributed by atoms with Crippen molar-refractivity contribution in [3.05, 3.63) is 0 Å². The number of rotatable bonds is 1. The van der Waals surface area contributed by atoms with E-state index in [9.17, 15) is 4.79 Å². The lowest BCUT2D eigenvalue weighted by Gasteiger charge is -2.08. The molecule has 60 valence electrons. The zero-order valence-corrected chi connectivity index (χ0v) is 6.22. The second-order valence-electron chi connectivity index (χ2n) is 2.28. The van der Waals surface area contributed by atoms with E-state index in [1.165, 1.54) is 0 Å². The number of carbonyl (C=O) groups is 1. The van der Waals surface area contributed by atoms with Crippen molar-refractivity contribution in [3.8, 4) is 11.8 Å². The van der Waals surface area contributed by atoms with Crippen LogP contribution in [0.15, 0.2) is 0 Å². The minimum absolute atomic E-state index is 0.0852. The second kappa shape index (κ2) is 3.26. The Bertz CT molecular complexity index is 216. The molecule has 1 aliphatic heterocycles. The number of nitrogens with one attached hydrogen (secondary N) is 2. The maximum absolute atomic E-state index is 10.7. The Hall–Kier alpha value is -1.21. The van der Waals surface area contributed by atoms with Crippen LogP contribution in [0.25, 0.3) is 0 Å². The smallest absolute Gasteiger partial charge is 0.316 e. The van der Waals surface area contributed by atoms with Crippen LogP contribution < -0.4 is 10.6 Å². The molecule has 0 aromatic heterocycles. The molecule has 0 bridgehead atoms. The van der Waals surface area contributed by atoms with Crippen LogP contribution in [0, 0.1) is 11.8 Å². The van der Waals surface area contributed by atoms with E-state index < -0.39 is 0 Å². The molecule has 1 saturated heterocycles. The van der Waals surface area contributed by atoms with Gasteiger partial charge in [-0.25, -0.2) is 4.79 Å². The van der Waals surface area contributed by atoms with E-state index in [0.29, 0.717) is 0 Å². The molecule has 0 spiro atoms. The standard InChI is InChI=1S/C7H10N2O2/c1-2-3-5-6(4-10)9-7(11)8-5/h5-6,10H,4H2,1H3,(H2,8,9,11). The summed E-state index contributed by atoms with van der Waals surface area (Å²) in [6.45, 7) is 1.61. The van der Waals surface area contributed by atoms with Gasteiger partial charge in [0.15, 0.2) is 0 Å². The van der Waals surface area contributed by atoms with Crippen molar-refractivity contribution < 1.29 is 9.90 Å². The zero-order chi connectivity index (χ0) is 8.27. The molecule has 4 heteroatoms. The number of hydrogen-bond donors (Lipinski definition) is 3. The minimum atomic E-state index is -0.269. The summed E-state index contributed by atoms with van der Waals surface area (Å²) in [5.74, 6) is 5.45. The number of aliphatic hydroxyl groups is 1. The highest BCUT2D eigenvalue weighted by Crippen LogP contribution is 1.98. The van der Waals surface area contributed by atoms with Gasteiger partial charge in [0.1, 0.15) is 6.04 Å². The van der Waals surface area contributed by atoms with Gasteiger partial charge in [-0.05, 0) is 6.92 Å². The summed E-state index contributed by atoms with van der Waals surface area (Å²) in [5, 5.41) is 13.9. The Morgan fingerprint density at radius 2 is 2.36 bits per heavy atom. The van der Waals surface area contributed by atoms with Crippen LogP contribution in [0.3, 0.4) is 0 Å². The van der Waals surface area contributed by atoms with Gasteiger partial charge >= 0.3 is 6.03 Å². The summed E-state index contributed by atoms with van der Waals surface area (Å²) in [6, 6.07) is -0.788. The average molecular weight is 154 g/mol. The largest absolute Gasteiger partial charge is 0.394 e. The lowest BCUT2D eigenvalue weighted by molar-refractivity contribution is 0.237. The van der Waals surface area contributed by atoms with E-state index in [1.807, 2.05) is 0 Å². The SMILES string of the molecule is CC#CC1NC(=O)NC1CO. The predicted octanol–water partition coefficient (Wildman–Crippen LogP) is -0.948. The zero-order valence-electron chi connectivity index (χ0n) is 6.22. The molecule has 3 N–H and O–H groups in total. The molecule has 0 aromatic carbocycles. The van der Waals surface area contributed by atoms with Gasteiger partial charge in [0.25, 0.3) is 0 Å². The van der Waals surface area contributed by atoms with Gasteiger partial charge < -0.3 is 15.7 Å². The van der Waals surface area contributed by atoms with Crippen molar-refractivity contribution in [2.45, 2.75) is 19.0 Å². The molecule has 2 amide bonds. The normalized spacial score (nSPS) is 28.4. The summed E-state index contributed by atoms with van der Waals surface area (Å²) in [5.41, 5.74) is 0. The Morgan fingerprint density at radius 1 is 1.64 bits per heavy atom. The number of amides is 2. The van der Waals surface area contributed by atoms with Crippen molar-refractivity contribution in [2.24, 2.45) is 0 Å². The maximum Gasteiger partial charge on any atom is 0.316 e. The van der Waals surface area contributed by atoms with E-state index in [2.05, 4.69) is 22.5 Å². The van der Waals surface area contributed by atoms with Gasteiger partial charge in [0, 0.05) is 0 Å². The number of carbonyl (C=O) groups excluding carboxylic acids is 1. The topological polar surface area (TPSA) is 61.4 Å². The molecule has 0 saturated carbocycles. The first-order valence-electron chi connectivity index (χ1n) is 3.38. The second-order valence-corrected chi connectivity index (χ2v) is 2.28. The molecular weight excluding hydrogens is 144 g/mol. The monoisotopic (exact) mass is 154 g/mol. The van der Waals surface area contributed by atoms with Crippen molar-refractivity contribution >= 4 is 6.03 Å². The van der Waals surface area contributed by atoms with E-state index in [0.717, 1.165) is 0 Å². The van der Waals surface area contributed by atoms with Crippen LogP contribution in [0.2, 0.25) is 0 Å². The Kier molecular flexibility index (Phi) is 2.34. The quantitative estimate of drug-likeness (QED) is 0.426. The molecule has 1 heterocycles. The number of hydrogen-bond acceptors (Lipinski definition) is 2. The van der Waals surface area contributed by atoms with Crippen LogP contribution in [0.1, 0.15) is 6.92 Å². The molecule has 1 aliphatic rings. The molecule has 0 radical (unpaired) electrons. The highest BCUT2D eigenvalue weighted by Gasteiger charge is 2.28. The van der Waals surface area contributed by atoms with Crippen molar-refractivity contribution in [1.29, 1.82) is 0 Å². The van der Waals surface area contributed by atoms with Gasteiger partial charge in [0.05, 0.1) is 12.6 Å². The molecule has 1 rings (SSSR count). The molecule has 2 unspecified atom stereocenters. The van der Waals surface area contributed by atoms with Crippen LogP contribution in [-0.4, -0.2) is 29.8 Å². The third-order valence-corrected chi connectivity index (χ3v) is 1.50. The first-order chi connectivity index (χ1) is 5.27. The minimum Gasteiger partial charge on any atom is -0.394 e. The van der Waals surface area contributed by atoms with Gasteiger partial charge in [-0.3, -0.25) is 0 Å². The van der Waals surface area contributed by atoms with Crippen molar-refractivity contribution in [1.82, 2.24) is 10.6 Å². The summed E-state index contributed by atoms with van der Waals surface area (Å²) in [7, 11) is 0. The fraction of sp³-hybridized carbons (Fsp3) is 0.571. The van der Waals surface area contributed by atoms with Crippen molar-refractivity contribution in [2.75, 3.05) is 6.61 Å². The molecule has 1 fully saturated rings. The Morgan fingerprint density at radius 3 is 2.91 bits per heavy atom. The fourth-order valence-electron chi connectivity index (χ4n) is 0.978. The van der Waals surface area contributed by atoms with Gasteiger partial charge in [-0.2, -0.15) is 0 Å². The summed E-state index contributed by atoms with van der Waals surface area (Å²) < 4.78 is 0. The van der Waals surface area contributed by atoms with Crippen molar-refractivity contribution in [3.63, 3.8) is 0 Å². The van der Waals surface area contributed by atoms with Crippen LogP contribution >= 0.6 is 0 Å². The summed E-state index contributed by atoms with van der Waals surface area (Å²) >= 11 is 0. The van der Waals surface area contributed by atoms with Gasteiger partial charge in [0.2, 0.25) is 0 Å². The first-order valence-corrected chi connectivity index (χ1v) is 3.38. The van der Waals surface area contributed by atoms with E-state index in [-0.39, 0.29) is 24.7 Å². The molecule has 4 nitrogen and oxygen atoms in total. The van der Waals surface area contributed by atoms with E-state index in [1.54, 1.807) is 6.92 Å². The molecule has 0 aliphatic carbocycles. The lowest BCUT2D eigenvalue weighted by atomic mass is 10.1. The van der Waals surface area contributed by atoms with E-state index in [4.69, 9.17) is 5.11 Å². The Labute approximate surface area is 65.0 Å². The fourth-order valence-corrected chi connectivity index (χ4v) is 0.978. The van der Waals surface area contributed by atoms with Crippen LogP contribution in [0.5, 0.6) is 0 Å².